The molecule has 0 bridgehead atoms. The second-order valence-corrected chi connectivity index (χ2v) is 9.89. The molecule has 4 N–H and O–H groups in total. The number of aromatic nitrogens is 2. The number of aryl methyl sites for hydroxylation is 1. The van der Waals surface area contributed by atoms with Gasteiger partial charge in [-0.3, -0.25) is 9.59 Å². The molecule has 3 heterocycles. The summed E-state index contributed by atoms with van der Waals surface area (Å²) in [6.07, 6.45) is 1.91. The van der Waals surface area contributed by atoms with E-state index in [2.05, 4.69) is 11.9 Å². The van der Waals surface area contributed by atoms with Crippen molar-refractivity contribution in [1.82, 2.24) is 14.9 Å². The van der Waals surface area contributed by atoms with Crippen LogP contribution in [0.15, 0.2) is 29.2 Å². The fraction of sp³-hybridized carbons (Fsp3) is 0.393. The number of carbonyl (C=O) groups is 1. The highest BCUT2D eigenvalue weighted by molar-refractivity contribution is 5.93. The van der Waals surface area contributed by atoms with Crippen molar-refractivity contribution < 1.29 is 19.0 Å². The topological polar surface area (TPSA) is 119 Å². The van der Waals surface area contributed by atoms with Gasteiger partial charge in [0, 0.05) is 47.5 Å². The number of hydrogen-bond donors (Lipinski definition) is 3. The molecule has 2 atom stereocenters. The molecule has 0 unspecified atom stereocenters. The maximum atomic E-state index is 14.9. The van der Waals surface area contributed by atoms with E-state index in [1.807, 2.05) is 0 Å². The van der Waals surface area contributed by atoms with Gasteiger partial charge in [-0.25, -0.2) is 9.37 Å². The van der Waals surface area contributed by atoms with E-state index >= 15 is 0 Å². The van der Waals surface area contributed by atoms with Gasteiger partial charge in [0.15, 0.2) is 6.29 Å². The molecule has 1 aliphatic heterocycles. The van der Waals surface area contributed by atoms with Crippen LogP contribution >= 0.6 is 0 Å². The molecular formula is C28H31FN4O4. The molecule has 5 rings (SSSR count). The summed E-state index contributed by atoms with van der Waals surface area (Å²) in [7, 11) is 1.46. The lowest BCUT2D eigenvalue weighted by molar-refractivity contribution is -0.125. The first-order chi connectivity index (χ1) is 17.7. The van der Waals surface area contributed by atoms with Crippen LogP contribution in [0.2, 0.25) is 0 Å². The van der Waals surface area contributed by atoms with E-state index in [4.69, 9.17) is 15.5 Å². The van der Waals surface area contributed by atoms with Crippen LogP contribution in [0.25, 0.3) is 22.3 Å². The molecule has 8 nitrogen and oxygen atoms in total. The maximum absolute atomic E-state index is 14.9. The molecule has 1 aromatic carbocycles. The molecule has 37 heavy (non-hydrogen) atoms. The monoisotopic (exact) mass is 506 g/mol. The Morgan fingerprint density at radius 2 is 2.19 bits per heavy atom. The van der Waals surface area contributed by atoms with Crippen LogP contribution in [0.1, 0.15) is 59.2 Å². The Morgan fingerprint density at radius 1 is 1.43 bits per heavy atom. The number of halogens is 1. The Morgan fingerprint density at radius 3 is 2.84 bits per heavy atom. The largest absolute Gasteiger partial charge is 0.381 e. The van der Waals surface area contributed by atoms with Gasteiger partial charge in [0.2, 0.25) is 0 Å². The quantitative estimate of drug-likeness (QED) is 0.314. The average molecular weight is 507 g/mol. The smallest absolute Gasteiger partial charge is 0.257 e. The SMILES string of the molecule is C=C(CN)N[C@H]1CCc2c(C)c(F)cc3nc4c(c1c23)Cn1c-4cc([C@@](O)(C=O)CC)c(COC)c1=O. The number of benzene rings is 1. The van der Waals surface area contributed by atoms with Crippen molar-refractivity contribution in [3.8, 4) is 11.4 Å². The number of aliphatic hydroxyl groups is 1. The van der Waals surface area contributed by atoms with Crippen molar-refractivity contribution in [3.63, 3.8) is 0 Å². The summed E-state index contributed by atoms with van der Waals surface area (Å²) in [6.45, 7) is 7.94. The second kappa shape index (κ2) is 9.16. The highest BCUT2D eigenvalue weighted by Crippen LogP contribution is 2.45. The second-order valence-electron chi connectivity index (χ2n) is 9.89. The zero-order chi connectivity index (χ0) is 26.6. The first-order valence-electron chi connectivity index (χ1n) is 12.4. The van der Waals surface area contributed by atoms with Crippen LogP contribution in [0.3, 0.4) is 0 Å². The van der Waals surface area contributed by atoms with Crippen LogP contribution in [-0.4, -0.2) is 34.6 Å². The molecule has 3 aromatic rings. The summed E-state index contributed by atoms with van der Waals surface area (Å²) < 4.78 is 21.8. The van der Waals surface area contributed by atoms with Crippen molar-refractivity contribution >= 4 is 17.2 Å². The van der Waals surface area contributed by atoms with Gasteiger partial charge in [-0.15, -0.1) is 0 Å². The third-order valence-corrected chi connectivity index (χ3v) is 7.85. The van der Waals surface area contributed by atoms with Gasteiger partial charge in [0.05, 0.1) is 36.1 Å². The highest BCUT2D eigenvalue weighted by atomic mass is 19.1. The Bertz CT molecular complexity index is 1530. The van der Waals surface area contributed by atoms with E-state index in [1.54, 1.807) is 24.5 Å². The lowest BCUT2D eigenvalue weighted by Crippen LogP contribution is -2.34. The number of nitrogens with one attached hydrogen (secondary N) is 1. The van der Waals surface area contributed by atoms with Gasteiger partial charge >= 0.3 is 0 Å². The summed E-state index contributed by atoms with van der Waals surface area (Å²) in [4.78, 5) is 30.5. The molecule has 0 saturated carbocycles. The number of nitrogens with two attached hydrogens (primary N) is 1. The van der Waals surface area contributed by atoms with Crippen LogP contribution in [0.5, 0.6) is 0 Å². The van der Waals surface area contributed by atoms with Crippen molar-refractivity contribution in [2.24, 2.45) is 5.73 Å². The molecule has 0 radical (unpaired) electrons. The summed E-state index contributed by atoms with van der Waals surface area (Å²) in [6, 6.07) is 2.95. The zero-order valence-electron chi connectivity index (χ0n) is 21.3. The van der Waals surface area contributed by atoms with Crippen LogP contribution < -0.4 is 16.6 Å². The summed E-state index contributed by atoms with van der Waals surface area (Å²) in [5.74, 6) is -0.327. The van der Waals surface area contributed by atoms with E-state index in [-0.39, 0.29) is 54.7 Å². The van der Waals surface area contributed by atoms with Crippen LogP contribution in [0, 0.1) is 12.7 Å². The van der Waals surface area contributed by atoms with E-state index in [9.17, 15) is 19.1 Å². The fourth-order valence-corrected chi connectivity index (χ4v) is 5.80. The van der Waals surface area contributed by atoms with Crippen molar-refractivity contribution in [2.45, 2.75) is 57.9 Å². The molecule has 194 valence electrons. The van der Waals surface area contributed by atoms with Gasteiger partial charge in [-0.1, -0.05) is 13.5 Å². The number of ether oxygens (including phenoxy) is 1. The van der Waals surface area contributed by atoms with Crippen molar-refractivity contribution in [3.05, 3.63) is 74.0 Å². The number of rotatable bonds is 8. The lowest BCUT2D eigenvalue weighted by Gasteiger charge is -2.30. The van der Waals surface area contributed by atoms with Gasteiger partial charge < -0.3 is 25.5 Å². The summed E-state index contributed by atoms with van der Waals surface area (Å²) in [5.41, 5.74) is 9.57. The molecular weight excluding hydrogens is 475 g/mol. The molecule has 0 saturated heterocycles. The zero-order valence-corrected chi connectivity index (χ0v) is 21.3. The Kier molecular flexibility index (Phi) is 6.26. The molecule has 9 heteroatoms. The van der Waals surface area contributed by atoms with Crippen LogP contribution in [-0.2, 0) is 34.7 Å². The summed E-state index contributed by atoms with van der Waals surface area (Å²) in [5, 5.41) is 15.4. The third kappa shape index (κ3) is 3.72. The molecule has 0 fully saturated rings. The minimum absolute atomic E-state index is 0.0573. The van der Waals surface area contributed by atoms with Crippen molar-refractivity contribution in [2.75, 3.05) is 13.7 Å². The lowest BCUT2D eigenvalue weighted by atomic mass is 9.81. The van der Waals surface area contributed by atoms with Gasteiger partial charge in [-0.05, 0) is 48.9 Å². The number of nitrogens with zero attached hydrogens (tertiary/aromatic N) is 2. The normalized spacial score (nSPS) is 17.3. The van der Waals surface area contributed by atoms with E-state index < -0.39 is 5.60 Å². The predicted octanol–water partition coefficient (Wildman–Crippen LogP) is 2.86. The fourth-order valence-electron chi connectivity index (χ4n) is 5.80. The molecule has 0 amide bonds. The number of carbonyl (C=O) groups excluding carboxylic acids is 1. The van der Waals surface area contributed by atoms with Crippen molar-refractivity contribution in [1.29, 1.82) is 0 Å². The predicted molar refractivity (Wildman–Crippen MR) is 139 cm³/mol. The maximum Gasteiger partial charge on any atom is 0.257 e. The van der Waals surface area contributed by atoms with E-state index in [1.165, 1.54) is 13.2 Å². The molecule has 1 aliphatic carbocycles. The Labute approximate surface area is 214 Å². The molecule has 2 aromatic heterocycles. The number of fused-ring (bicyclic) bond motifs is 4. The third-order valence-electron chi connectivity index (χ3n) is 7.85. The van der Waals surface area contributed by atoms with Gasteiger partial charge in [0.1, 0.15) is 11.4 Å². The summed E-state index contributed by atoms with van der Waals surface area (Å²) >= 11 is 0. The van der Waals surface area contributed by atoms with E-state index in [0.717, 1.165) is 22.1 Å². The standard InChI is InChI=1S/C28H31FN4O4/c1-5-28(36,13-34)19-8-23-26-17(11-33(23)27(35)18(19)12-37-4)25-21(31-14(2)10-30)7-6-16-15(3)20(29)9-22(32-26)24(16)25/h8-9,13,21,31,36H,2,5-7,10-12,30H2,1,3-4H3/t21-,28-/m0/s1. The molecule has 2 aliphatic rings. The molecule has 0 spiro atoms. The minimum Gasteiger partial charge on any atom is -0.381 e. The number of pyridine rings is 2. The Balaban J connectivity index is 1.85. The highest BCUT2D eigenvalue weighted by Gasteiger charge is 2.37. The van der Waals surface area contributed by atoms with Gasteiger partial charge in [0.25, 0.3) is 5.56 Å². The number of aldehydes is 1. The first kappa shape index (κ1) is 25.3. The van der Waals surface area contributed by atoms with E-state index in [0.29, 0.717) is 47.3 Å². The average Bonchev–Trinajstić information content (AvgIpc) is 3.27. The van der Waals surface area contributed by atoms with Crippen LogP contribution in [0.4, 0.5) is 4.39 Å². The number of methoxy groups -OCH3 is 1. The Hall–Kier alpha value is -3.40. The minimum atomic E-state index is -1.85. The first-order valence-corrected chi connectivity index (χ1v) is 12.4. The van der Waals surface area contributed by atoms with Gasteiger partial charge in [-0.2, -0.15) is 0 Å². The number of hydrogen-bond acceptors (Lipinski definition) is 7.